The number of carbonyl (C=O) groups is 1. The number of nitrogens with zero attached hydrogens (tertiary/aromatic N) is 2. The first kappa shape index (κ1) is 27.6. The highest BCUT2D eigenvalue weighted by Gasteiger charge is 2.32. The smallest absolute Gasteiger partial charge is 0.271 e. The van der Waals surface area contributed by atoms with Crippen molar-refractivity contribution in [3.05, 3.63) is 125 Å². The Morgan fingerprint density at radius 1 is 1.10 bits per heavy atom. The standard InChI is InChI=1S/C32H30ClN3O3S/c1-18(2)25-16-22(19(3)15-26(25)39-5)17-27-31(38)36-29(21-11-13-23(33)14-12-21)28(20(4)34-32(36)40-27)30(37)35-24-9-7-6-8-10-24/h6-18,29H,1-5H3,(H,35,37)/b27-17+/t29-/m1/s1. The SMILES string of the molecule is COc1cc(C)c(/C=c2/sc3n(c2=O)[C@H](c2ccc(Cl)cc2)C(C(=O)Nc2ccccc2)=C(C)N=3)cc1C(C)C. The van der Waals surface area contributed by atoms with Gasteiger partial charge >= 0.3 is 0 Å². The molecular weight excluding hydrogens is 542 g/mol. The molecule has 0 spiro atoms. The molecule has 0 aliphatic carbocycles. The lowest BCUT2D eigenvalue weighted by atomic mass is 9.95. The second kappa shape index (κ2) is 11.3. The number of para-hydroxylation sites is 1. The molecule has 0 bridgehead atoms. The predicted octanol–water partition coefficient (Wildman–Crippen LogP) is 5.97. The number of rotatable bonds is 6. The summed E-state index contributed by atoms with van der Waals surface area (Å²) < 4.78 is 7.76. The topological polar surface area (TPSA) is 72.7 Å². The van der Waals surface area contributed by atoms with Crippen molar-refractivity contribution >= 4 is 40.6 Å². The molecule has 1 N–H and O–H groups in total. The molecule has 5 rings (SSSR count). The van der Waals surface area contributed by atoms with E-state index in [2.05, 4.69) is 25.2 Å². The summed E-state index contributed by atoms with van der Waals surface area (Å²) in [5.41, 5.74) is 5.21. The largest absolute Gasteiger partial charge is 0.496 e. The normalized spacial score (nSPS) is 15.2. The van der Waals surface area contributed by atoms with E-state index in [0.717, 1.165) is 28.0 Å². The Bertz CT molecular complexity index is 1800. The van der Waals surface area contributed by atoms with E-state index >= 15 is 0 Å². The molecular formula is C32H30ClN3O3S. The summed E-state index contributed by atoms with van der Waals surface area (Å²) in [6.07, 6.45) is 1.91. The zero-order valence-corrected chi connectivity index (χ0v) is 24.6. The van der Waals surface area contributed by atoms with Crippen LogP contribution in [0.15, 0.2) is 87.8 Å². The molecule has 0 fully saturated rings. The molecule has 0 radical (unpaired) electrons. The Morgan fingerprint density at radius 2 is 1.80 bits per heavy atom. The minimum absolute atomic E-state index is 0.206. The van der Waals surface area contributed by atoms with Crippen LogP contribution in [-0.2, 0) is 4.79 Å². The first-order valence-corrected chi connectivity index (χ1v) is 14.2. The van der Waals surface area contributed by atoms with Crippen molar-refractivity contribution in [2.45, 2.75) is 39.7 Å². The lowest BCUT2D eigenvalue weighted by molar-refractivity contribution is -0.113. The van der Waals surface area contributed by atoms with E-state index in [1.165, 1.54) is 11.3 Å². The molecule has 1 atom stereocenters. The highest BCUT2D eigenvalue weighted by atomic mass is 35.5. The van der Waals surface area contributed by atoms with Crippen LogP contribution >= 0.6 is 22.9 Å². The van der Waals surface area contributed by atoms with Crippen molar-refractivity contribution in [3.63, 3.8) is 0 Å². The van der Waals surface area contributed by atoms with Gasteiger partial charge in [0.05, 0.1) is 29.0 Å². The number of aromatic nitrogens is 1. The maximum atomic E-state index is 14.0. The van der Waals surface area contributed by atoms with E-state index in [9.17, 15) is 9.59 Å². The van der Waals surface area contributed by atoms with Crippen molar-refractivity contribution in [2.75, 3.05) is 12.4 Å². The molecule has 1 aliphatic heterocycles. The van der Waals surface area contributed by atoms with E-state index < -0.39 is 6.04 Å². The molecule has 1 aliphatic rings. The molecule has 6 nitrogen and oxygen atoms in total. The van der Waals surface area contributed by atoms with Crippen LogP contribution in [0.3, 0.4) is 0 Å². The predicted molar refractivity (Wildman–Crippen MR) is 162 cm³/mol. The van der Waals surface area contributed by atoms with Crippen molar-refractivity contribution in [3.8, 4) is 5.75 Å². The van der Waals surface area contributed by atoms with Gasteiger partial charge in [0.2, 0.25) is 0 Å². The number of ether oxygens (including phenoxy) is 1. The molecule has 0 saturated carbocycles. The summed E-state index contributed by atoms with van der Waals surface area (Å²) in [4.78, 5) is 33.0. The van der Waals surface area contributed by atoms with E-state index in [0.29, 0.717) is 31.3 Å². The van der Waals surface area contributed by atoms with Crippen LogP contribution in [0.1, 0.15) is 55.0 Å². The van der Waals surface area contributed by atoms with Crippen molar-refractivity contribution in [1.82, 2.24) is 4.57 Å². The molecule has 1 aromatic heterocycles. The number of fused-ring (bicyclic) bond motifs is 1. The lowest BCUT2D eigenvalue weighted by Gasteiger charge is -2.25. The third kappa shape index (κ3) is 5.27. The molecule has 40 heavy (non-hydrogen) atoms. The maximum absolute atomic E-state index is 14.0. The number of hydrogen-bond donors (Lipinski definition) is 1. The molecule has 0 saturated heterocycles. The van der Waals surface area contributed by atoms with Gasteiger partial charge in [0.15, 0.2) is 4.80 Å². The molecule has 2 heterocycles. The summed E-state index contributed by atoms with van der Waals surface area (Å²) in [7, 11) is 1.67. The van der Waals surface area contributed by atoms with Crippen LogP contribution in [0.25, 0.3) is 6.08 Å². The van der Waals surface area contributed by atoms with Crippen molar-refractivity contribution < 1.29 is 9.53 Å². The Labute approximate surface area is 241 Å². The van der Waals surface area contributed by atoms with Gasteiger partial charge in [-0.15, -0.1) is 0 Å². The summed E-state index contributed by atoms with van der Waals surface area (Å²) in [5, 5.41) is 3.54. The number of carbonyl (C=O) groups excluding carboxylic acids is 1. The monoisotopic (exact) mass is 571 g/mol. The van der Waals surface area contributed by atoms with Crippen LogP contribution < -0.4 is 24.9 Å². The number of halogens is 1. The van der Waals surface area contributed by atoms with Crippen LogP contribution in [0.2, 0.25) is 5.02 Å². The Balaban J connectivity index is 1.68. The fourth-order valence-electron chi connectivity index (χ4n) is 4.93. The zero-order valence-electron chi connectivity index (χ0n) is 23.0. The summed E-state index contributed by atoms with van der Waals surface area (Å²) in [6, 6.07) is 19.9. The van der Waals surface area contributed by atoms with Gasteiger partial charge in [-0.2, -0.15) is 0 Å². The quantitative estimate of drug-likeness (QED) is 0.310. The minimum Gasteiger partial charge on any atom is -0.496 e. The Kier molecular flexibility index (Phi) is 7.79. The summed E-state index contributed by atoms with van der Waals surface area (Å²) in [6.45, 7) is 8.04. The second-order valence-electron chi connectivity index (χ2n) is 10.1. The second-order valence-corrected chi connectivity index (χ2v) is 11.5. The number of hydrogen-bond acceptors (Lipinski definition) is 5. The summed E-state index contributed by atoms with van der Waals surface area (Å²) >= 11 is 7.51. The van der Waals surface area contributed by atoms with Gasteiger partial charge in [-0.1, -0.05) is 67.1 Å². The number of aryl methyl sites for hydroxylation is 1. The third-order valence-corrected chi connectivity index (χ3v) is 8.25. The van der Waals surface area contributed by atoms with Gasteiger partial charge in [0.1, 0.15) is 5.75 Å². The lowest BCUT2D eigenvalue weighted by Crippen LogP contribution is -2.40. The van der Waals surface area contributed by atoms with Crippen LogP contribution in [0.5, 0.6) is 5.75 Å². The molecule has 204 valence electrons. The summed E-state index contributed by atoms with van der Waals surface area (Å²) in [5.74, 6) is 0.773. The van der Waals surface area contributed by atoms with Gasteiger partial charge < -0.3 is 10.1 Å². The fraction of sp³-hybridized carbons (Fsp3) is 0.219. The number of allylic oxidation sites excluding steroid dienone is 1. The van der Waals surface area contributed by atoms with Crippen LogP contribution in [0, 0.1) is 6.92 Å². The number of nitrogens with one attached hydrogen (secondary N) is 1. The first-order valence-electron chi connectivity index (χ1n) is 13.0. The number of amides is 1. The highest BCUT2D eigenvalue weighted by Crippen LogP contribution is 2.32. The van der Waals surface area contributed by atoms with Gasteiger partial charge in [-0.25, -0.2) is 4.99 Å². The van der Waals surface area contributed by atoms with Gasteiger partial charge in [-0.3, -0.25) is 14.2 Å². The van der Waals surface area contributed by atoms with E-state index in [-0.39, 0.29) is 17.4 Å². The number of anilines is 1. The molecule has 8 heteroatoms. The van der Waals surface area contributed by atoms with Crippen LogP contribution in [-0.4, -0.2) is 17.6 Å². The van der Waals surface area contributed by atoms with E-state index in [1.54, 1.807) is 23.8 Å². The third-order valence-electron chi connectivity index (χ3n) is 7.01. The fourth-order valence-corrected chi connectivity index (χ4v) is 6.10. The van der Waals surface area contributed by atoms with Crippen LogP contribution in [0.4, 0.5) is 5.69 Å². The van der Waals surface area contributed by atoms with Gasteiger partial charge in [0.25, 0.3) is 11.5 Å². The average Bonchev–Trinajstić information content (AvgIpc) is 3.23. The highest BCUT2D eigenvalue weighted by molar-refractivity contribution is 7.07. The number of methoxy groups -OCH3 is 1. The first-order chi connectivity index (χ1) is 19.2. The molecule has 3 aromatic carbocycles. The van der Waals surface area contributed by atoms with Gasteiger partial charge in [0, 0.05) is 10.7 Å². The Morgan fingerprint density at radius 3 is 2.45 bits per heavy atom. The van der Waals surface area contributed by atoms with Crippen molar-refractivity contribution in [2.24, 2.45) is 4.99 Å². The molecule has 1 amide bonds. The number of thiazole rings is 1. The maximum Gasteiger partial charge on any atom is 0.271 e. The van der Waals surface area contributed by atoms with Gasteiger partial charge in [-0.05, 0) is 84.5 Å². The Hall–Kier alpha value is -3.94. The number of benzene rings is 3. The molecule has 0 unspecified atom stereocenters. The average molecular weight is 572 g/mol. The molecule has 4 aromatic rings. The van der Waals surface area contributed by atoms with E-state index in [1.807, 2.05) is 68.5 Å². The van der Waals surface area contributed by atoms with E-state index in [4.69, 9.17) is 21.3 Å². The zero-order chi connectivity index (χ0) is 28.6. The minimum atomic E-state index is -0.664. The van der Waals surface area contributed by atoms with Crippen molar-refractivity contribution in [1.29, 1.82) is 0 Å².